The first-order valence-electron chi connectivity index (χ1n) is 5.98. The molecule has 0 spiro atoms. The summed E-state index contributed by atoms with van der Waals surface area (Å²) >= 11 is 2.43. The maximum atomic E-state index is 2.43. The van der Waals surface area contributed by atoms with Crippen molar-refractivity contribution in [2.75, 3.05) is 0 Å². The number of benzene rings is 2. The van der Waals surface area contributed by atoms with E-state index in [0.29, 0.717) is 0 Å². The minimum absolute atomic E-state index is 1.08. The summed E-state index contributed by atoms with van der Waals surface area (Å²) in [7, 11) is 0. The lowest BCUT2D eigenvalue weighted by molar-refractivity contribution is 1.14. The van der Waals surface area contributed by atoms with Gasteiger partial charge in [0.25, 0.3) is 0 Å². The van der Waals surface area contributed by atoms with Crippen molar-refractivity contribution in [3.8, 4) is 11.1 Å². The summed E-state index contributed by atoms with van der Waals surface area (Å²) in [5, 5.41) is 0. The Bertz CT molecular complexity index is 541. The third-order valence-electron chi connectivity index (χ3n) is 3.06. The van der Waals surface area contributed by atoms with E-state index < -0.39 is 0 Å². The molecule has 0 atom stereocenters. The van der Waals surface area contributed by atoms with Gasteiger partial charge in [-0.15, -0.1) is 0 Å². The zero-order chi connectivity index (χ0) is 12.4. The summed E-state index contributed by atoms with van der Waals surface area (Å²) in [5.74, 6) is 0. The van der Waals surface area contributed by atoms with Crippen LogP contribution in [0.5, 0.6) is 0 Å². The molecule has 0 aliphatic heterocycles. The summed E-state index contributed by atoms with van der Waals surface area (Å²) < 4.78 is 1.33. The van der Waals surface area contributed by atoms with Crippen LogP contribution in [0.25, 0.3) is 11.1 Å². The lowest BCUT2D eigenvalue weighted by Crippen LogP contribution is -1.92. The molecular weight excluding hydrogens is 319 g/mol. The Morgan fingerprint density at radius 2 is 1.47 bits per heavy atom. The molecule has 0 amide bonds. The molecule has 0 unspecified atom stereocenters. The monoisotopic (exact) mass is 336 g/mol. The smallest absolute Gasteiger partial charge is 0.0209 e. The Kier molecular flexibility index (Phi) is 3.87. The summed E-state index contributed by atoms with van der Waals surface area (Å²) in [6.07, 6.45) is 1.08. The highest BCUT2D eigenvalue weighted by Crippen LogP contribution is 2.30. The van der Waals surface area contributed by atoms with Gasteiger partial charge in [-0.1, -0.05) is 48.4 Å². The lowest BCUT2D eigenvalue weighted by Gasteiger charge is -2.12. The zero-order valence-electron chi connectivity index (χ0n) is 10.5. The van der Waals surface area contributed by atoms with Crippen molar-refractivity contribution < 1.29 is 0 Å². The van der Waals surface area contributed by atoms with Crippen LogP contribution in [0, 0.1) is 17.4 Å². The number of aryl methyl sites for hydroxylation is 3. The van der Waals surface area contributed by atoms with Crippen molar-refractivity contribution in [3.05, 3.63) is 56.7 Å². The molecule has 0 bridgehead atoms. The van der Waals surface area contributed by atoms with Crippen molar-refractivity contribution in [1.82, 2.24) is 0 Å². The van der Waals surface area contributed by atoms with E-state index in [0.717, 1.165) is 6.42 Å². The average molecular weight is 336 g/mol. The van der Waals surface area contributed by atoms with E-state index in [9.17, 15) is 0 Å². The van der Waals surface area contributed by atoms with Gasteiger partial charge in [0.1, 0.15) is 0 Å². The molecule has 0 radical (unpaired) electrons. The van der Waals surface area contributed by atoms with Crippen molar-refractivity contribution in [1.29, 1.82) is 0 Å². The second-order valence-corrected chi connectivity index (χ2v) is 5.66. The van der Waals surface area contributed by atoms with E-state index in [1.807, 2.05) is 0 Å². The quantitative estimate of drug-likeness (QED) is 0.667. The maximum Gasteiger partial charge on any atom is 0.0209 e. The molecule has 2 aromatic carbocycles. The largest absolute Gasteiger partial charge is 0.0613 e. The second kappa shape index (κ2) is 5.21. The van der Waals surface area contributed by atoms with Crippen LogP contribution in [0.4, 0.5) is 0 Å². The first-order valence-corrected chi connectivity index (χ1v) is 7.05. The van der Waals surface area contributed by atoms with Crippen LogP contribution < -0.4 is 0 Å². The zero-order valence-corrected chi connectivity index (χ0v) is 12.7. The van der Waals surface area contributed by atoms with Crippen molar-refractivity contribution in [2.24, 2.45) is 0 Å². The Morgan fingerprint density at radius 1 is 0.882 bits per heavy atom. The highest BCUT2D eigenvalue weighted by Gasteiger charge is 2.08. The summed E-state index contributed by atoms with van der Waals surface area (Å²) in [6, 6.07) is 13.4. The highest BCUT2D eigenvalue weighted by molar-refractivity contribution is 14.1. The molecule has 0 heterocycles. The molecule has 88 valence electrons. The van der Waals surface area contributed by atoms with Crippen LogP contribution in [0.15, 0.2) is 36.4 Å². The lowest BCUT2D eigenvalue weighted by atomic mass is 9.95. The van der Waals surface area contributed by atoms with E-state index >= 15 is 0 Å². The maximum absolute atomic E-state index is 2.43. The Morgan fingerprint density at radius 3 is 2.12 bits per heavy atom. The Hall–Kier alpha value is -0.830. The van der Waals surface area contributed by atoms with Crippen LogP contribution in [0.3, 0.4) is 0 Å². The van der Waals surface area contributed by atoms with Crippen molar-refractivity contribution >= 4 is 22.6 Å². The normalized spacial score (nSPS) is 10.6. The molecule has 0 nitrogen and oxygen atoms in total. The number of hydrogen-bond acceptors (Lipinski definition) is 0. The standard InChI is InChI=1S/C16H17I/c1-4-13-7-5-11(2)9-14(13)15-10-12(3)6-8-16(15)17/h5-10H,4H2,1-3H3. The fourth-order valence-electron chi connectivity index (χ4n) is 2.09. The molecular formula is C16H17I. The van der Waals surface area contributed by atoms with Crippen LogP contribution in [-0.4, -0.2) is 0 Å². The minimum Gasteiger partial charge on any atom is -0.0613 e. The van der Waals surface area contributed by atoms with Crippen LogP contribution in [0.1, 0.15) is 23.6 Å². The van der Waals surface area contributed by atoms with Crippen LogP contribution >= 0.6 is 22.6 Å². The van der Waals surface area contributed by atoms with Crippen LogP contribution in [-0.2, 0) is 6.42 Å². The van der Waals surface area contributed by atoms with Gasteiger partial charge in [0.2, 0.25) is 0 Å². The predicted molar refractivity (Wildman–Crippen MR) is 83.4 cm³/mol. The highest BCUT2D eigenvalue weighted by atomic mass is 127. The fourth-order valence-corrected chi connectivity index (χ4v) is 2.72. The molecule has 1 heteroatoms. The van der Waals surface area contributed by atoms with Crippen molar-refractivity contribution in [3.63, 3.8) is 0 Å². The molecule has 17 heavy (non-hydrogen) atoms. The van der Waals surface area contributed by atoms with Gasteiger partial charge in [0, 0.05) is 3.57 Å². The summed E-state index contributed by atoms with van der Waals surface area (Å²) in [5.41, 5.74) is 6.84. The molecule has 2 rings (SSSR count). The first-order chi connectivity index (χ1) is 8.11. The molecule has 0 aromatic heterocycles. The van der Waals surface area contributed by atoms with Crippen molar-refractivity contribution in [2.45, 2.75) is 27.2 Å². The third-order valence-corrected chi connectivity index (χ3v) is 4.00. The molecule has 0 aliphatic carbocycles. The van der Waals surface area contributed by atoms with Gasteiger partial charge in [0.05, 0.1) is 0 Å². The van der Waals surface area contributed by atoms with Gasteiger partial charge in [-0.25, -0.2) is 0 Å². The molecule has 2 aromatic rings. The number of halogens is 1. The van der Waals surface area contributed by atoms with Gasteiger partial charge >= 0.3 is 0 Å². The molecule has 0 saturated heterocycles. The number of hydrogen-bond donors (Lipinski definition) is 0. The van der Waals surface area contributed by atoms with E-state index in [1.165, 1.54) is 31.4 Å². The number of rotatable bonds is 2. The minimum atomic E-state index is 1.08. The van der Waals surface area contributed by atoms with Gasteiger partial charge in [0.15, 0.2) is 0 Å². The summed E-state index contributed by atoms with van der Waals surface area (Å²) in [6.45, 7) is 6.53. The third kappa shape index (κ3) is 2.71. The van der Waals surface area contributed by atoms with Gasteiger partial charge in [-0.05, 0) is 65.6 Å². The SMILES string of the molecule is CCc1ccc(C)cc1-c1cc(C)ccc1I. The Labute approximate surface area is 117 Å². The summed E-state index contributed by atoms with van der Waals surface area (Å²) in [4.78, 5) is 0. The van der Waals surface area contributed by atoms with E-state index in [2.05, 4.69) is 79.8 Å². The van der Waals surface area contributed by atoms with Crippen LogP contribution in [0.2, 0.25) is 0 Å². The topological polar surface area (TPSA) is 0 Å². The van der Waals surface area contributed by atoms with Gasteiger partial charge < -0.3 is 0 Å². The Balaban J connectivity index is 2.66. The molecule has 0 fully saturated rings. The van der Waals surface area contributed by atoms with Gasteiger partial charge in [-0.2, -0.15) is 0 Å². The second-order valence-electron chi connectivity index (χ2n) is 4.50. The molecule has 0 N–H and O–H groups in total. The first kappa shape index (κ1) is 12.6. The van der Waals surface area contributed by atoms with E-state index in [4.69, 9.17) is 0 Å². The van der Waals surface area contributed by atoms with E-state index in [-0.39, 0.29) is 0 Å². The fraction of sp³-hybridized carbons (Fsp3) is 0.250. The van der Waals surface area contributed by atoms with E-state index in [1.54, 1.807) is 0 Å². The molecule has 0 saturated carbocycles. The average Bonchev–Trinajstić information content (AvgIpc) is 2.32. The predicted octanol–water partition coefficient (Wildman–Crippen LogP) is 5.14. The van der Waals surface area contributed by atoms with Gasteiger partial charge in [-0.3, -0.25) is 0 Å². The molecule has 0 aliphatic rings.